The molecule has 3 unspecified atom stereocenters. The highest BCUT2D eigenvalue weighted by atomic mass is 19.1. The van der Waals surface area contributed by atoms with Crippen molar-refractivity contribution in [3.8, 4) is 0 Å². The second-order valence-electron chi connectivity index (χ2n) is 9.63. The highest BCUT2D eigenvalue weighted by molar-refractivity contribution is 6.26. The lowest BCUT2D eigenvalue weighted by atomic mass is 9.71. The molecule has 0 aromatic heterocycles. The summed E-state index contributed by atoms with van der Waals surface area (Å²) < 4.78 is 20.6. The lowest BCUT2D eigenvalue weighted by Crippen LogP contribution is -2.33. The number of carbonyl (C=O) groups is 1. The predicted octanol–water partition coefficient (Wildman–Crippen LogP) is 6.75. The van der Waals surface area contributed by atoms with E-state index in [4.69, 9.17) is 4.74 Å². The van der Waals surface area contributed by atoms with E-state index in [0.717, 1.165) is 30.4 Å². The summed E-state index contributed by atoms with van der Waals surface area (Å²) in [6.45, 7) is 10.4. The third kappa shape index (κ3) is 3.20. The summed E-state index contributed by atoms with van der Waals surface area (Å²) in [6.07, 6.45) is 2.52. The Labute approximate surface area is 191 Å². The van der Waals surface area contributed by atoms with Crippen LogP contribution in [0, 0.1) is 31.5 Å². The van der Waals surface area contributed by atoms with Gasteiger partial charge in [0.25, 0.3) is 0 Å². The van der Waals surface area contributed by atoms with E-state index in [2.05, 4.69) is 39.8 Å². The van der Waals surface area contributed by atoms with E-state index in [1.54, 1.807) is 13.0 Å². The van der Waals surface area contributed by atoms with Crippen LogP contribution in [0.3, 0.4) is 0 Å². The first-order valence-electron chi connectivity index (χ1n) is 11.6. The Morgan fingerprint density at radius 2 is 1.66 bits per heavy atom. The number of benzene rings is 2. The summed E-state index contributed by atoms with van der Waals surface area (Å²) in [5.74, 6) is 0.273. The van der Waals surface area contributed by atoms with Crippen LogP contribution in [0.1, 0.15) is 73.9 Å². The van der Waals surface area contributed by atoms with Gasteiger partial charge in [-0.05, 0) is 73.9 Å². The monoisotopic (exact) mass is 434 g/mol. The maximum absolute atomic E-state index is 14.3. The number of rotatable bonds is 4. The fourth-order valence-electron chi connectivity index (χ4n) is 6.42. The molecule has 0 amide bonds. The first-order chi connectivity index (χ1) is 14.8. The van der Waals surface area contributed by atoms with Crippen molar-refractivity contribution in [1.82, 2.24) is 0 Å². The number of Topliss-reactive ketones (excluding diaryl/α,β-unsaturated/α-hetero) is 1. The molecule has 2 saturated heterocycles. The molecule has 5 atom stereocenters. The van der Waals surface area contributed by atoms with Crippen LogP contribution < -0.4 is 0 Å². The van der Waals surface area contributed by atoms with Crippen LogP contribution in [0.15, 0.2) is 35.9 Å². The quantitative estimate of drug-likeness (QED) is 0.532. The number of fused-ring (bicyclic) bond motifs is 5. The summed E-state index contributed by atoms with van der Waals surface area (Å²) in [4.78, 5) is 13.8. The van der Waals surface area contributed by atoms with Gasteiger partial charge in [-0.2, -0.15) is 0 Å². The van der Waals surface area contributed by atoms with Gasteiger partial charge in [0, 0.05) is 17.4 Å². The average Bonchev–Trinajstić information content (AvgIpc) is 3.41. The molecule has 0 spiro atoms. The molecule has 2 bridgehead atoms. The van der Waals surface area contributed by atoms with Crippen molar-refractivity contribution in [2.45, 2.75) is 79.4 Å². The number of aryl methyl sites for hydroxylation is 4. The zero-order valence-corrected chi connectivity index (χ0v) is 19.1. The first-order valence-corrected chi connectivity index (χ1v) is 11.6. The van der Waals surface area contributed by atoms with Crippen molar-refractivity contribution < 1.29 is 13.9 Å². The third-order valence-electron chi connectivity index (χ3n) is 7.88. The number of ether oxygens (including phenoxy) is 1. The van der Waals surface area contributed by atoms with Crippen molar-refractivity contribution in [1.29, 1.82) is 0 Å². The van der Waals surface area contributed by atoms with Crippen molar-refractivity contribution in [3.63, 3.8) is 0 Å². The predicted molar refractivity (Wildman–Crippen MR) is 128 cm³/mol. The van der Waals surface area contributed by atoms with Crippen molar-refractivity contribution >= 4 is 11.4 Å². The van der Waals surface area contributed by atoms with Crippen LogP contribution in [0.5, 0.6) is 0 Å². The minimum atomic E-state index is -0.160. The molecule has 5 rings (SSSR count). The SMILES string of the molecule is C.CCc1cc(C)cc(CC)c1C1=C(C)[C@@H]2C3OC(CC3c3ccc(C)c(F)c3)[C@@H]2C1=O. The Kier molecular flexibility index (Phi) is 5.92. The second kappa shape index (κ2) is 8.26. The normalized spacial score (nSPS) is 28.3. The smallest absolute Gasteiger partial charge is 0.169 e. The molecule has 0 N–H and O–H groups in total. The van der Waals surface area contributed by atoms with Gasteiger partial charge in [-0.1, -0.05) is 56.7 Å². The minimum Gasteiger partial charge on any atom is -0.373 e. The highest BCUT2D eigenvalue weighted by Gasteiger charge is 2.61. The largest absolute Gasteiger partial charge is 0.373 e. The maximum atomic E-state index is 14.3. The standard InChI is InChI=1S/C28H31FO2.CH4/c1-6-17-10-14(3)11-18(7-2)25(17)23-16(5)24-26(27(23)30)22-13-20(28(24)31-22)19-9-8-15(4)21(29)12-19;/h8-12,20,22,24,26,28H,6-7,13H2,1-5H3;1H4/t20?,22?,24-,26-,28?;/m0./s1. The molecular weight excluding hydrogens is 399 g/mol. The van der Waals surface area contributed by atoms with Gasteiger partial charge in [0.1, 0.15) is 5.82 Å². The van der Waals surface area contributed by atoms with Crippen molar-refractivity contribution in [2.75, 3.05) is 0 Å². The van der Waals surface area contributed by atoms with Gasteiger partial charge in [0.15, 0.2) is 5.78 Å². The Bertz CT molecular complexity index is 1090. The van der Waals surface area contributed by atoms with E-state index in [-0.39, 0.29) is 49.0 Å². The molecule has 3 aliphatic rings. The summed E-state index contributed by atoms with van der Waals surface area (Å²) >= 11 is 0. The van der Waals surface area contributed by atoms with Crippen LogP contribution in [0.25, 0.3) is 5.57 Å². The number of carbonyl (C=O) groups excluding carboxylic acids is 1. The highest BCUT2D eigenvalue weighted by Crippen LogP contribution is 2.58. The molecule has 1 aliphatic carbocycles. The van der Waals surface area contributed by atoms with Gasteiger partial charge in [-0.25, -0.2) is 4.39 Å². The number of hydrogen-bond acceptors (Lipinski definition) is 2. The maximum Gasteiger partial charge on any atom is 0.169 e. The molecule has 170 valence electrons. The molecule has 3 heteroatoms. The zero-order valence-electron chi connectivity index (χ0n) is 19.1. The lowest BCUT2D eigenvalue weighted by molar-refractivity contribution is -0.118. The van der Waals surface area contributed by atoms with E-state index in [1.165, 1.54) is 27.8 Å². The number of hydrogen-bond donors (Lipinski definition) is 0. The van der Waals surface area contributed by atoms with E-state index < -0.39 is 0 Å². The minimum absolute atomic E-state index is 0. The summed E-state index contributed by atoms with van der Waals surface area (Å²) in [5.41, 5.74) is 8.75. The van der Waals surface area contributed by atoms with Crippen LogP contribution in [-0.4, -0.2) is 18.0 Å². The summed E-state index contributed by atoms with van der Waals surface area (Å²) in [5, 5.41) is 0. The first kappa shape index (κ1) is 22.9. The van der Waals surface area contributed by atoms with E-state index in [9.17, 15) is 9.18 Å². The van der Waals surface area contributed by atoms with Crippen molar-refractivity contribution in [2.24, 2.45) is 11.8 Å². The number of allylic oxidation sites excluding steroid dienone is 1. The van der Waals surface area contributed by atoms with Crippen LogP contribution >= 0.6 is 0 Å². The van der Waals surface area contributed by atoms with E-state index in [0.29, 0.717) is 5.56 Å². The van der Waals surface area contributed by atoms with E-state index >= 15 is 0 Å². The molecule has 32 heavy (non-hydrogen) atoms. The molecule has 2 aromatic carbocycles. The molecular formula is C29H35FO2. The Morgan fingerprint density at radius 3 is 2.25 bits per heavy atom. The van der Waals surface area contributed by atoms with Crippen LogP contribution in [0.4, 0.5) is 4.39 Å². The fraction of sp³-hybridized carbons (Fsp3) is 0.483. The average molecular weight is 435 g/mol. The Morgan fingerprint density at radius 1 is 1.00 bits per heavy atom. The van der Waals surface area contributed by atoms with Crippen molar-refractivity contribution in [3.05, 3.63) is 75.1 Å². The number of halogens is 1. The van der Waals surface area contributed by atoms with Gasteiger partial charge in [0.05, 0.1) is 18.1 Å². The number of ketones is 1. The van der Waals surface area contributed by atoms with Gasteiger partial charge < -0.3 is 4.74 Å². The summed E-state index contributed by atoms with van der Waals surface area (Å²) in [7, 11) is 0. The Balaban J connectivity index is 0.00000245. The molecule has 0 radical (unpaired) electrons. The second-order valence-corrected chi connectivity index (χ2v) is 9.63. The van der Waals surface area contributed by atoms with Crippen LogP contribution in [0.2, 0.25) is 0 Å². The van der Waals surface area contributed by atoms with Gasteiger partial charge in [-0.15, -0.1) is 0 Å². The summed E-state index contributed by atoms with van der Waals surface area (Å²) in [6, 6.07) is 10.0. The molecule has 2 aliphatic heterocycles. The fourth-order valence-corrected chi connectivity index (χ4v) is 6.42. The van der Waals surface area contributed by atoms with Crippen LogP contribution in [-0.2, 0) is 22.4 Å². The van der Waals surface area contributed by atoms with Gasteiger partial charge in [0.2, 0.25) is 0 Å². The lowest BCUT2D eigenvalue weighted by Gasteiger charge is -2.29. The topological polar surface area (TPSA) is 26.3 Å². The van der Waals surface area contributed by atoms with E-state index in [1.807, 2.05) is 12.1 Å². The van der Waals surface area contributed by atoms with Gasteiger partial charge >= 0.3 is 0 Å². The molecule has 2 nitrogen and oxygen atoms in total. The molecule has 2 aromatic rings. The van der Waals surface area contributed by atoms with Gasteiger partial charge in [-0.3, -0.25) is 4.79 Å². The third-order valence-corrected chi connectivity index (χ3v) is 7.88. The molecule has 2 heterocycles. The Hall–Kier alpha value is -2.26. The molecule has 2 fully saturated rings. The zero-order chi connectivity index (χ0) is 22.0. The molecule has 0 saturated carbocycles.